The maximum absolute atomic E-state index is 11.9. The molecule has 1 saturated carbocycles. The van der Waals surface area contributed by atoms with Crippen LogP contribution in [-0.4, -0.2) is 71.9 Å². The van der Waals surface area contributed by atoms with E-state index in [1.165, 1.54) is 5.56 Å². The number of aliphatic hydroxyl groups is 1. The number of hydrogen-bond donors (Lipinski definition) is 2. The molecule has 7 nitrogen and oxygen atoms in total. The van der Waals surface area contributed by atoms with Crippen LogP contribution in [0.25, 0.3) is 0 Å². The first kappa shape index (κ1) is 23.7. The first-order valence-corrected chi connectivity index (χ1v) is 11.6. The summed E-state index contributed by atoms with van der Waals surface area (Å²) in [5.41, 5.74) is 7.69. The number of methoxy groups -OCH3 is 1. The van der Waals surface area contributed by atoms with Crippen molar-refractivity contribution in [1.29, 1.82) is 0 Å². The Balaban J connectivity index is 1.57. The van der Waals surface area contributed by atoms with Crippen LogP contribution in [0, 0.1) is 0 Å². The zero-order chi connectivity index (χ0) is 23.6. The van der Waals surface area contributed by atoms with Gasteiger partial charge in [-0.25, -0.2) is 4.90 Å². The third-order valence-corrected chi connectivity index (χ3v) is 7.76. The van der Waals surface area contributed by atoms with Crippen molar-refractivity contribution in [3.63, 3.8) is 0 Å². The SMILES string of the molecule is COc1ccc(CN2CC3(CCC(c4ccccc4)(N(C)C)CC3)N(CC(N)=O)C2O)cc1. The number of carbonyl (C=O) groups is 1. The standard InChI is InChI=1S/C26H36N4O3/c1-28(2)26(21-7-5-4-6-8-21)15-13-25(14-16-26)19-29(24(32)30(25)18-23(27)31)17-20-9-11-22(33-3)12-10-20/h4-12,24,32H,13-19H2,1-3H3,(H2,27,31). The number of aliphatic hydroxyl groups excluding tert-OH is 1. The molecule has 7 heteroatoms. The Bertz CT molecular complexity index is 940. The summed E-state index contributed by atoms with van der Waals surface area (Å²) in [6.07, 6.45) is 2.81. The summed E-state index contributed by atoms with van der Waals surface area (Å²) in [4.78, 5) is 18.3. The quantitative estimate of drug-likeness (QED) is 0.671. The third-order valence-electron chi connectivity index (χ3n) is 7.76. The number of primary amides is 1. The Kier molecular flexibility index (Phi) is 6.77. The van der Waals surface area contributed by atoms with E-state index in [-0.39, 0.29) is 17.6 Å². The zero-order valence-corrected chi connectivity index (χ0v) is 19.9. The van der Waals surface area contributed by atoms with Gasteiger partial charge >= 0.3 is 0 Å². The molecule has 2 fully saturated rings. The smallest absolute Gasteiger partial charge is 0.231 e. The molecule has 3 N–H and O–H groups in total. The summed E-state index contributed by atoms with van der Waals surface area (Å²) in [6.45, 7) is 1.35. The van der Waals surface area contributed by atoms with Gasteiger partial charge in [0.05, 0.1) is 13.7 Å². The predicted octanol–water partition coefficient (Wildman–Crippen LogP) is 2.34. The van der Waals surface area contributed by atoms with Crippen LogP contribution in [-0.2, 0) is 16.9 Å². The molecule has 1 spiro atoms. The molecule has 0 aromatic heterocycles. The lowest BCUT2D eigenvalue weighted by molar-refractivity contribution is -0.131. The van der Waals surface area contributed by atoms with E-state index < -0.39 is 12.3 Å². The highest BCUT2D eigenvalue weighted by atomic mass is 16.5. The van der Waals surface area contributed by atoms with E-state index in [0.717, 1.165) is 37.0 Å². The first-order chi connectivity index (χ1) is 15.8. The average molecular weight is 453 g/mol. The van der Waals surface area contributed by atoms with Crippen molar-refractivity contribution < 1.29 is 14.6 Å². The molecule has 1 aliphatic carbocycles. The van der Waals surface area contributed by atoms with Gasteiger partial charge in [-0.3, -0.25) is 14.6 Å². The highest BCUT2D eigenvalue weighted by molar-refractivity contribution is 5.76. The number of carbonyl (C=O) groups excluding carboxylic acids is 1. The second kappa shape index (κ2) is 9.43. The lowest BCUT2D eigenvalue weighted by Gasteiger charge is -2.51. The van der Waals surface area contributed by atoms with Crippen LogP contribution in [0.4, 0.5) is 0 Å². The van der Waals surface area contributed by atoms with Crippen molar-refractivity contribution in [2.45, 2.75) is 49.7 Å². The Morgan fingerprint density at radius 2 is 1.73 bits per heavy atom. The first-order valence-electron chi connectivity index (χ1n) is 11.6. The van der Waals surface area contributed by atoms with Gasteiger partial charge in [0.25, 0.3) is 0 Å². The normalized spacial score (nSPS) is 28.5. The van der Waals surface area contributed by atoms with Crippen LogP contribution in [0.2, 0.25) is 0 Å². The Morgan fingerprint density at radius 1 is 1.09 bits per heavy atom. The second-order valence-corrected chi connectivity index (χ2v) is 9.71. The number of amides is 1. The molecule has 1 atom stereocenters. The molecule has 4 rings (SSSR count). The molecular weight excluding hydrogens is 416 g/mol. The van der Waals surface area contributed by atoms with Gasteiger partial charge in [0.2, 0.25) is 5.91 Å². The van der Waals surface area contributed by atoms with Crippen molar-refractivity contribution in [2.24, 2.45) is 5.73 Å². The molecule has 0 bridgehead atoms. The second-order valence-electron chi connectivity index (χ2n) is 9.71. The molecule has 1 saturated heterocycles. The van der Waals surface area contributed by atoms with Crippen molar-refractivity contribution in [3.05, 3.63) is 65.7 Å². The highest BCUT2D eigenvalue weighted by Crippen LogP contribution is 2.49. The van der Waals surface area contributed by atoms with Gasteiger partial charge in [-0.1, -0.05) is 42.5 Å². The van der Waals surface area contributed by atoms with Crippen LogP contribution in [0.3, 0.4) is 0 Å². The van der Waals surface area contributed by atoms with Crippen LogP contribution >= 0.6 is 0 Å². The van der Waals surface area contributed by atoms with Gasteiger partial charge in [-0.2, -0.15) is 0 Å². The van der Waals surface area contributed by atoms with E-state index in [2.05, 4.69) is 54.2 Å². The van der Waals surface area contributed by atoms with Crippen LogP contribution in [0.15, 0.2) is 54.6 Å². The lowest BCUT2D eigenvalue weighted by Crippen LogP contribution is -2.57. The number of rotatable bonds is 7. The minimum absolute atomic E-state index is 0.0561. The predicted molar refractivity (Wildman–Crippen MR) is 128 cm³/mol. The van der Waals surface area contributed by atoms with Crippen molar-refractivity contribution in [3.8, 4) is 5.75 Å². The van der Waals surface area contributed by atoms with Crippen LogP contribution in [0.5, 0.6) is 5.75 Å². The molecule has 1 amide bonds. The Labute approximate surface area is 196 Å². The molecule has 1 unspecified atom stereocenters. The minimum atomic E-state index is -0.844. The van der Waals surface area contributed by atoms with Crippen LogP contribution in [0.1, 0.15) is 36.8 Å². The summed E-state index contributed by atoms with van der Waals surface area (Å²) in [5, 5.41) is 11.2. The average Bonchev–Trinajstić information content (AvgIpc) is 3.05. The fourth-order valence-corrected chi connectivity index (χ4v) is 5.83. The van der Waals surface area contributed by atoms with Crippen molar-refractivity contribution in [1.82, 2.24) is 14.7 Å². The molecule has 2 aromatic rings. The van der Waals surface area contributed by atoms with Gasteiger partial charge in [0, 0.05) is 24.2 Å². The summed E-state index contributed by atoms with van der Waals surface area (Å²) >= 11 is 0. The summed E-state index contributed by atoms with van der Waals surface area (Å²) in [5.74, 6) is 0.396. The maximum atomic E-state index is 11.9. The van der Waals surface area contributed by atoms with Gasteiger partial charge in [-0.05, 0) is 63.0 Å². The summed E-state index contributed by atoms with van der Waals surface area (Å²) in [7, 11) is 5.94. The van der Waals surface area contributed by atoms with E-state index in [1.54, 1.807) is 7.11 Å². The van der Waals surface area contributed by atoms with Crippen molar-refractivity contribution >= 4 is 5.91 Å². The molecule has 1 aliphatic heterocycles. The van der Waals surface area contributed by atoms with E-state index in [9.17, 15) is 9.90 Å². The van der Waals surface area contributed by atoms with Gasteiger partial charge in [0.1, 0.15) is 5.75 Å². The number of benzene rings is 2. The molecule has 2 aromatic carbocycles. The number of ether oxygens (including phenoxy) is 1. The Morgan fingerprint density at radius 3 is 2.27 bits per heavy atom. The van der Waals surface area contributed by atoms with E-state index in [1.807, 2.05) is 29.2 Å². The number of nitrogens with zero attached hydrogens (tertiary/aromatic N) is 3. The monoisotopic (exact) mass is 452 g/mol. The third kappa shape index (κ3) is 4.51. The number of hydrogen-bond acceptors (Lipinski definition) is 6. The van der Waals surface area contributed by atoms with Gasteiger partial charge in [0.15, 0.2) is 6.35 Å². The molecule has 1 heterocycles. The molecule has 178 valence electrons. The minimum Gasteiger partial charge on any atom is -0.497 e. The molecule has 0 radical (unpaired) electrons. The fraction of sp³-hybridized carbons (Fsp3) is 0.500. The molecule has 33 heavy (non-hydrogen) atoms. The molecule has 2 aliphatic rings. The van der Waals surface area contributed by atoms with Crippen LogP contribution < -0.4 is 10.5 Å². The van der Waals surface area contributed by atoms with Crippen molar-refractivity contribution in [2.75, 3.05) is 34.3 Å². The van der Waals surface area contributed by atoms with E-state index in [0.29, 0.717) is 13.1 Å². The fourth-order valence-electron chi connectivity index (χ4n) is 5.83. The Hall–Kier alpha value is -2.45. The number of nitrogens with two attached hydrogens (primary N) is 1. The lowest BCUT2D eigenvalue weighted by atomic mass is 9.68. The topological polar surface area (TPSA) is 82.3 Å². The molecular formula is C26H36N4O3. The zero-order valence-electron chi connectivity index (χ0n) is 19.9. The highest BCUT2D eigenvalue weighted by Gasteiger charge is 2.54. The largest absolute Gasteiger partial charge is 0.497 e. The van der Waals surface area contributed by atoms with Gasteiger partial charge < -0.3 is 15.6 Å². The maximum Gasteiger partial charge on any atom is 0.231 e. The van der Waals surface area contributed by atoms with Gasteiger partial charge in [-0.15, -0.1) is 0 Å². The summed E-state index contributed by atoms with van der Waals surface area (Å²) < 4.78 is 5.26. The van der Waals surface area contributed by atoms with E-state index >= 15 is 0 Å². The summed E-state index contributed by atoms with van der Waals surface area (Å²) in [6, 6.07) is 18.6. The van der Waals surface area contributed by atoms with E-state index in [4.69, 9.17) is 10.5 Å².